The number of aromatic nitrogens is 1. The van der Waals surface area contributed by atoms with E-state index in [0.717, 1.165) is 37.2 Å². The first-order valence-corrected chi connectivity index (χ1v) is 9.16. The number of hydrogen-bond donors (Lipinski definition) is 1. The molecule has 0 radical (unpaired) electrons. The number of rotatable bonds is 4. The van der Waals surface area contributed by atoms with E-state index in [2.05, 4.69) is 16.8 Å². The molecule has 0 spiro atoms. The van der Waals surface area contributed by atoms with Gasteiger partial charge in [-0.15, -0.1) is 0 Å². The largest absolute Gasteiger partial charge is 0.478 e. The number of pyridine rings is 1. The van der Waals surface area contributed by atoms with Crippen LogP contribution >= 0.6 is 0 Å². The van der Waals surface area contributed by atoms with Crippen LogP contribution in [0, 0.1) is 5.92 Å². The molecule has 1 atom stereocenters. The minimum Gasteiger partial charge on any atom is -0.478 e. The van der Waals surface area contributed by atoms with Crippen molar-refractivity contribution in [1.29, 1.82) is 0 Å². The lowest BCUT2D eigenvalue weighted by Crippen LogP contribution is -2.46. The van der Waals surface area contributed by atoms with E-state index in [-0.39, 0.29) is 0 Å². The summed E-state index contributed by atoms with van der Waals surface area (Å²) in [6, 6.07) is 4.49. The molecule has 1 aliphatic carbocycles. The van der Waals surface area contributed by atoms with Gasteiger partial charge in [-0.3, -0.25) is 0 Å². The lowest BCUT2D eigenvalue weighted by Gasteiger charge is -2.43. The molecule has 0 amide bonds. The van der Waals surface area contributed by atoms with Gasteiger partial charge in [0.15, 0.2) is 0 Å². The van der Waals surface area contributed by atoms with Crippen LogP contribution in [0.2, 0.25) is 0 Å². The van der Waals surface area contributed by atoms with Crippen LogP contribution in [0.15, 0.2) is 18.3 Å². The third-order valence-electron chi connectivity index (χ3n) is 5.55. The molecule has 1 N–H and O–H groups in total. The van der Waals surface area contributed by atoms with E-state index in [1.807, 2.05) is 19.1 Å². The topological polar surface area (TPSA) is 45.6 Å². The van der Waals surface area contributed by atoms with Gasteiger partial charge in [0.05, 0.1) is 12.2 Å². The molecule has 1 saturated heterocycles. The van der Waals surface area contributed by atoms with E-state index < -0.39 is 5.60 Å². The van der Waals surface area contributed by atoms with Gasteiger partial charge < -0.3 is 14.7 Å². The van der Waals surface area contributed by atoms with Gasteiger partial charge in [0.1, 0.15) is 0 Å². The Morgan fingerprint density at radius 3 is 2.70 bits per heavy atom. The van der Waals surface area contributed by atoms with E-state index in [1.54, 1.807) is 6.20 Å². The minimum atomic E-state index is -0.713. The summed E-state index contributed by atoms with van der Waals surface area (Å²) in [6.45, 7) is 7.39. The van der Waals surface area contributed by atoms with E-state index >= 15 is 0 Å². The highest BCUT2D eigenvalue weighted by Crippen LogP contribution is 2.39. The first-order valence-electron chi connectivity index (χ1n) is 9.16. The molecule has 2 aliphatic rings. The van der Waals surface area contributed by atoms with E-state index in [9.17, 15) is 5.11 Å². The minimum absolute atomic E-state index is 0.618. The lowest BCUT2D eigenvalue weighted by molar-refractivity contribution is -0.0304. The Bertz CT molecular complexity index is 495. The molecule has 4 heteroatoms. The maximum absolute atomic E-state index is 11.0. The van der Waals surface area contributed by atoms with Crippen LogP contribution in [0.1, 0.15) is 57.9 Å². The Kier molecular flexibility index (Phi) is 5.22. The SMILES string of the molecule is CCOc1ccc(C2(O)CCC(N3CCCC(C)C3)CC2)cn1. The van der Waals surface area contributed by atoms with Gasteiger partial charge in [-0.2, -0.15) is 0 Å². The Balaban J connectivity index is 1.60. The fraction of sp³-hybridized carbons (Fsp3) is 0.737. The van der Waals surface area contributed by atoms with Gasteiger partial charge in [0.2, 0.25) is 5.88 Å². The third-order valence-corrected chi connectivity index (χ3v) is 5.55. The molecule has 1 aliphatic heterocycles. The van der Waals surface area contributed by atoms with Crippen molar-refractivity contribution in [3.05, 3.63) is 23.9 Å². The van der Waals surface area contributed by atoms with Gasteiger partial charge in [0.25, 0.3) is 0 Å². The fourth-order valence-electron chi connectivity index (χ4n) is 4.18. The Morgan fingerprint density at radius 2 is 2.09 bits per heavy atom. The number of aliphatic hydroxyl groups is 1. The highest BCUT2D eigenvalue weighted by Gasteiger charge is 2.37. The highest BCUT2D eigenvalue weighted by molar-refractivity contribution is 5.24. The first-order chi connectivity index (χ1) is 11.1. The zero-order valence-corrected chi connectivity index (χ0v) is 14.5. The van der Waals surface area contributed by atoms with Crippen molar-refractivity contribution in [3.63, 3.8) is 0 Å². The molecule has 0 aromatic carbocycles. The summed E-state index contributed by atoms with van der Waals surface area (Å²) in [5, 5.41) is 11.0. The smallest absolute Gasteiger partial charge is 0.213 e. The van der Waals surface area contributed by atoms with Gasteiger partial charge in [0, 0.05) is 30.4 Å². The van der Waals surface area contributed by atoms with Crippen LogP contribution in [0.4, 0.5) is 0 Å². The second kappa shape index (κ2) is 7.18. The third kappa shape index (κ3) is 3.86. The fourth-order valence-corrected chi connectivity index (χ4v) is 4.18. The standard InChI is InChI=1S/C19H30N2O2/c1-3-23-18-7-6-16(13-20-18)19(22)10-8-17(9-11-19)21-12-4-5-15(2)14-21/h6-7,13,15,17,22H,3-5,8-12,14H2,1-2H3. The van der Waals surface area contributed by atoms with Crippen molar-refractivity contribution in [1.82, 2.24) is 9.88 Å². The van der Waals surface area contributed by atoms with E-state index in [4.69, 9.17) is 4.74 Å². The predicted molar refractivity (Wildman–Crippen MR) is 91.5 cm³/mol. The van der Waals surface area contributed by atoms with Crippen LogP contribution in [-0.2, 0) is 5.60 Å². The molecule has 0 bridgehead atoms. The molecule has 1 saturated carbocycles. The second-order valence-corrected chi connectivity index (χ2v) is 7.32. The summed E-state index contributed by atoms with van der Waals surface area (Å²) < 4.78 is 5.39. The molecule has 1 unspecified atom stereocenters. The molecule has 4 nitrogen and oxygen atoms in total. The van der Waals surface area contributed by atoms with Crippen molar-refractivity contribution in [2.24, 2.45) is 5.92 Å². The van der Waals surface area contributed by atoms with Gasteiger partial charge in [-0.05, 0) is 64.0 Å². The van der Waals surface area contributed by atoms with Crippen molar-refractivity contribution >= 4 is 0 Å². The molecule has 128 valence electrons. The summed E-state index contributed by atoms with van der Waals surface area (Å²) in [5.74, 6) is 1.45. The van der Waals surface area contributed by atoms with Gasteiger partial charge in [-0.1, -0.05) is 6.92 Å². The van der Waals surface area contributed by atoms with Crippen molar-refractivity contribution in [2.75, 3.05) is 19.7 Å². The Hall–Kier alpha value is -1.13. The summed E-state index contributed by atoms with van der Waals surface area (Å²) in [6.07, 6.45) is 8.30. The monoisotopic (exact) mass is 318 g/mol. The summed E-state index contributed by atoms with van der Waals surface area (Å²) in [5.41, 5.74) is 0.224. The van der Waals surface area contributed by atoms with Crippen LogP contribution in [-0.4, -0.2) is 40.7 Å². The predicted octanol–water partition coefficient (Wildman–Crippen LogP) is 3.34. The average molecular weight is 318 g/mol. The summed E-state index contributed by atoms with van der Waals surface area (Å²) >= 11 is 0. The number of hydrogen-bond acceptors (Lipinski definition) is 4. The van der Waals surface area contributed by atoms with Crippen LogP contribution < -0.4 is 4.74 Å². The Labute approximate surface area is 139 Å². The molecule has 2 fully saturated rings. The zero-order chi connectivity index (χ0) is 16.3. The number of piperidine rings is 1. The number of likely N-dealkylation sites (tertiary alicyclic amines) is 1. The molecule has 1 aromatic heterocycles. The molecule has 1 aromatic rings. The van der Waals surface area contributed by atoms with E-state index in [0.29, 0.717) is 18.5 Å². The number of ether oxygens (including phenoxy) is 1. The molecular weight excluding hydrogens is 288 g/mol. The Morgan fingerprint density at radius 1 is 1.30 bits per heavy atom. The number of nitrogens with zero attached hydrogens (tertiary/aromatic N) is 2. The first kappa shape index (κ1) is 16.7. The zero-order valence-electron chi connectivity index (χ0n) is 14.5. The molecule has 3 rings (SSSR count). The molecular formula is C19H30N2O2. The van der Waals surface area contributed by atoms with Crippen molar-refractivity contribution in [2.45, 2.75) is 64.0 Å². The lowest BCUT2D eigenvalue weighted by atomic mass is 9.77. The van der Waals surface area contributed by atoms with E-state index in [1.165, 1.54) is 25.9 Å². The summed E-state index contributed by atoms with van der Waals surface area (Å²) in [7, 11) is 0. The molecule has 2 heterocycles. The second-order valence-electron chi connectivity index (χ2n) is 7.32. The van der Waals surface area contributed by atoms with Gasteiger partial charge in [-0.25, -0.2) is 4.98 Å². The maximum atomic E-state index is 11.0. The maximum Gasteiger partial charge on any atom is 0.213 e. The van der Waals surface area contributed by atoms with Crippen molar-refractivity contribution in [3.8, 4) is 5.88 Å². The van der Waals surface area contributed by atoms with Crippen molar-refractivity contribution < 1.29 is 9.84 Å². The summed E-state index contributed by atoms with van der Waals surface area (Å²) in [4.78, 5) is 6.97. The normalized spacial score (nSPS) is 32.7. The average Bonchev–Trinajstić information content (AvgIpc) is 2.56. The van der Waals surface area contributed by atoms with Crippen LogP contribution in [0.25, 0.3) is 0 Å². The van der Waals surface area contributed by atoms with Crippen LogP contribution in [0.5, 0.6) is 5.88 Å². The van der Waals surface area contributed by atoms with Crippen LogP contribution in [0.3, 0.4) is 0 Å². The molecule has 23 heavy (non-hydrogen) atoms. The highest BCUT2D eigenvalue weighted by atomic mass is 16.5. The quantitative estimate of drug-likeness (QED) is 0.925. The van der Waals surface area contributed by atoms with Gasteiger partial charge >= 0.3 is 0 Å².